The SMILES string of the molecule is Cc1ccccc1[C@@H](C(=O)NC1CCCCC1)N(C(=O)Cn1cnc2ccccc21)c1cccc(F)c1. The molecule has 1 aromatic heterocycles. The number of carbonyl (C=O) groups is 2. The fourth-order valence-corrected chi connectivity index (χ4v) is 5.24. The molecule has 190 valence electrons. The average molecular weight is 499 g/mol. The number of para-hydroxylation sites is 2. The summed E-state index contributed by atoms with van der Waals surface area (Å²) >= 11 is 0. The maximum atomic E-state index is 14.4. The van der Waals surface area contributed by atoms with E-state index in [0.717, 1.165) is 42.3 Å². The van der Waals surface area contributed by atoms with E-state index in [1.807, 2.05) is 55.5 Å². The van der Waals surface area contributed by atoms with Crippen LogP contribution in [0.15, 0.2) is 79.1 Å². The number of hydrogen-bond donors (Lipinski definition) is 1. The second-order valence-corrected chi connectivity index (χ2v) is 9.71. The van der Waals surface area contributed by atoms with Crippen molar-refractivity contribution in [2.45, 2.75) is 57.7 Å². The van der Waals surface area contributed by atoms with Crippen LogP contribution in [-0.4, -0.2) is 27.4 Å². The zero-order chi connectivity index (χ0) is 25.8. The molecule has 0 bridgehead atoms. The highest BCUT2D eigenvalue weighted by Gasteiger charge is 2.35. The quantitative estimate of drug-likeness (QED) is 0.355. The van der Waals surface area contributed by atoms with Crippen molar-refractivity contribution in [1.29, 1.82) is 0 Å². The van der Waals surface area contributed by atoms with Gasteiger partial charge in [-0.15, -0.1) is 0 Å². The number of rotatable bonds is 7. The molecule has 0 unspecified atom stereocenters. The maximum absolute atomic E-state index is 14.4. The number of benzene rings is 3. The number of aromatic nitrogens is 2. The summed E-state index contributed by atoms with van der Waals surface area (Å²) in [4.78, 5) is 33.9. The van der Waals surface area contributed by atoms with Gasteiger partial charge in [-0.3, -0.25) is 14.5 Å². The lowest BCUT2D eigenvalue weighted by atomic mass is 9.93. The van der Waals surface area contributed by atoms with Gasteiger partial charge in [-0.1, -0.05) is 61.7 Å². The number of nitrogens with one attached hydrogen (secondary N) is 1. The minimum absolute atomic E-state index is 0.0455. The summed E-state index contributed by atoms with van der Waals surface area (Å²) in [5.41, 5.74) is 3.52. The highest BCUT2D eigenvalue weighted by atomic mass is 19.1. The van der Waals surface area contributed by atoms with E-state index in [1.165, 1.54) is 23.5 Å². The van der Waals surface area contributed by atoms with Crippen molar-refractivity contribution in [3.8, 4) is 0 Å². The van der Waals surface area contributed by atoms with E-state index in [0.29, 0.717) is 11.3 Å². The number of carbonyl (C=O) groups excluding carboxylic acids is 2. The van der Waals surface area contributed by atoms with Gasteiger partial charge in [0, 0.05) is 11.7 Å². The van der Waals surface area contributed by atoms with Crippen molar-refractivity contribution in [2.75, 3.05) is 4.90 Å². The number of aryl methyl sites for hydroxylation is 1. The topological polar surface area (TPSA) is 67.2 Å². The number of nitrogens with zero attached hydrogens (tertiary/aromatic N) is 3. The van der Waals surface area contributed by atoms with Crippen molar-refractivity contribution >= 4 is 28.5 Å². The molecule has 1 fully saturated rings. The number of fused-ring (bicyclic) bond motifs is 1. The molecule has 0 radical (unpaired) electrons. The van der Waals surface area contributed by atoms with Crippen LogP contribution in [-0.2, 0) is 16.1 Å². The first-order valence-electron chi connectivity index (χ1n) is 12.8. The van der Waals surface area contributed by atoms with Crippen LogP contribution < -0.4 is 10.2 Å². The minimum atomic E-state index is -0.952. The van der Waals surface area contributed by atoms with Crippen LogP contribution in [0.2, 0.25) is 0 Å². The van der Waals surface area contributed by atoms with Gasteiger partial charge in [-0.05, 0) is 61.2 Å². The molecule has 1 atom stereocenters. The van der Waals surface area contributed by atoms with Crippen molar-refractivity contribution in [3.05, 3.63) is 96.1 Å². The molecular formula is C30H31FN4O2. The Morgan fingerprint density at radius 3 is 2.57 bits per heavy atom. The second-order valence-electron chi connectivity index (χ2n) is 9.71. The Morgan fingerprint density at radius 2 is 1.78 bits per heavy atom. The maximum Gasteiger partial charge on any atom is 0.248 e. The number of anilines is 1. The zero-order valence-electron chi connectivity index (χ0n) is 20.9. The van der Waals surface area contributed by atoms with E-state index in [4.69, 9.17) is 0 Å². The highest BCUT2D eigenvalue weighted by molar-refractivity contribution is 6.01. The lowest BCUT2D eigenvalue weighted by molar-refractivity contribution is -0.127. The molecule has 6 nitrogen and oxygen atoms in total. The Kier molecular flexibility index (Phi) is 7.30. The van der Waals surface area contributed by atoms with Crippen molar-refractivity contribution < 1.29 is 14.0 Å². The van der Waals surface area contributed by atoms with Gasteiger partial charge >= 0.3 is 0 Å². The van der Waals surface area contributed by atoms with E-state index in [9.17, 15) is 14.0 Å². The second kappa shape index (κ2) is 10.9. The molecule has 1 aliphatic carbocycles. The van der Waals surface area contributed by atoms with Crippen LogP contribution in [0.25, 0.3) is 11.0 Å². The monoisotopic (exact) mass is 498 g/mol. The van der Waals surface area contributed by atoms with Gasteiger partial charge in [0.1, 0.15) is 18.4 Å². The Labute approximate surface area is 216 Å². The summed E-state index contributed by atoms with van der Waals surface area (Å²) in [7, 11) is 0. The van der Waals surface area contributed by atoms with Crippen LogP contribution in [0, 0.1) is 12.7 Å². The number of imidazole rings is 1. The number of amides is 2. The van der Waals surface area contributed by atoms with E-state index < -0.39 is 11.9 Å². The molecule has 5 rings (SSSR count). The first-order valence-corrected chi connectivity index (χ1v) is 12.8. The number of halogens is 1. The largest absolute Gasteiger partial charge is 0.351 e. The number of hydrogen-bond acceptors (Lipinski definition) is 3. The minimum Gasteiger partial charge on any atom is -0.351 e. The van der Waals surface area contributed by atoms with Gasteiger partial charge in [-0.25, -0.2) is 9.37 Å². The predicted molar refractivity (Wildman–Crippen MR) is 143 cm³/mol. The molecule has 0 spiro atoms. The Bertz CT molecular complexity index is 1410. The van der Waals surface area contributed by atoms with Gasteiger partial charge in [0.05, 0.1) is 17.4 Å². The molecule has 2 amide bonds. The van der Waals surface area contributed by atoms with Gasteiger partial charge in [0.15, 0.2) is 0 Å². The molecule has 4 aromatic rings. The summed E-state index contributed by atoms with van der Waals surface area (Å²) in [5, 5.41) is 3.21. The molecule has 0 aliphatic heterocycles. The van der Waals surface area contributed by atoms with Crippen LogP contribution in [0.5, 0.6) is 0 Å². The first kappa shape index (κ1) is 24.7. The third-order valence-corrected chi connectivity index (χ3v) is 7.13. The summed E-state index contributed by atoms with van der Waals surface area (Å²) in [6.45, 7) is 1.88. The highest BCUT2D eigenvalue weighted by Crippen LogP contribution is 2.32. The van der Waals surface area contributed by atoms with Crippen LogP contribution in [0.3, 0.4) is 0 Å². The third kappa shape index (κ3) is 5.40. The van der Waals surface area contributed by atoms with Crippen LogP contribution >= 0.6 is 0 Å². The molecule has 1 heterocycles. The fourth-order valence-electron chi connectivity index (χ4n) is 5.24. The van der Waals surface area contributed by atoms with Gasteiger partial charge in [0.2, 0.25) is 11.8 Å². The van der Waals surface area contributed by atoms with Crippen molar-refractivity contribution in [3.63, 3.8) is 0 Å². The smallest absolute Gasteiger partial charge is 0.248 e. The standard InChI is InChI=1S/C30H31FN4O2/c1-21-10-5-6-15-25(21)29(30(37)33-23-12-3-2-4-13-23)35(24-14-9-11-22(31)18-24)28(36)19-34-20-32-26-16-7-8-17-27(26)34/h5-11,14-18,20,23,29H,2-4,12-13,19H2,1H3,(H,33,37)/t29-/m0/s1. The van der Waals surface area contributed by atoms with Crippen molar-refractivity contribution in [2.24, 2.45) is 0 Å². The van der Waals surface area contributed by atoms with Gasteiger partial charge in [-0.2, -0.15) is 0 Å². The van der Waals surface area contributed by atoms with E-state index in [1.54, 1.807) is 23.0 Å². The molecular weight excluding hydrogens is 467 g/mol. The average Bonchev–Trinajstić information content (AvgIpc) is 3.31. The third-order valence-electron chi connectivity index (χ3n) is 7.13. The van der Waals surface area contributed by atoms with Crippen molar-refractivity contribution in [1.82, 2.24) is 14.9 Å². The molecule has 1 aliphatic rings. The summed E-state index contributed by atoms with van der Waals surface area (Å²) in [6.07, 6.45) is 6.76. The summed E-state index contributed by atoms with van der Waals surface area (Å²) in [6, 6.07) is 20.1. The van der Waals surface area contributed by atoms with E-state index in [-0.39, 0.29) is 24.4 Å². The molecule has 1 N–H and O–H groups in total. The van der Waals surface area contributed by atoms with Gasteiger partial charge in [0.25, 0.3) is 0 Å². The lowest BCUT2D eigenvalue weighted by Gasteiger charge is -2.34. The van der Waals surface area contributed by atoms with E-state index >= 15 is 0 Å². The Balaban J connectivity index is 1.57. The lowest BCUT2D eigenvalue weighted by Crippen LogP contribution is -2.48. The Morgan fingerprint density at radius 1 is 1.03 bits per heavy atom. The molecule has 37 heavy (non-hydrogen) atoms. The van der Waals surface area contributed by atoms with E-state index in [2.05, 4.69) is 10.3 Å². The molecule has 7 heteroatoms. The summed E-state index contributed by atoms with van der Waals surface area (Å²) in [5.74, 6) is -1.06. The normalized spacial score (nSPS) is 14.9. The fraction of sp³-hybridized carbons (Fsp3) is 0.300. The van der Waals surface area contributed by atoms with Crippen LogP contribution in [0.4, 0.5) is 10.1 Å². The molecule has 0 saturated heterocycles. The first-order chi connectivity index (χ1) is 18.0. The summed E-state index contributed by atoms with van der Waals surface area (Å²) < 4.78 is 16.2. The van der Waals surface area contributed by atoms with Gasteiger partial charge < -0.3 is 9.88 Å². The van der Waals surface area contributed by atoms with Crippen LogP contribution in [0.1, 0.15) is 49.3 Å². The molecule has 3 aromatic carbocycles. The Hall–Kier alpha value is -4.00. The molecule has 1 saturated carbocycles. The predicted octanol–water partition coefficient (Wildman–Crippen LogP) is 5.71. The zero-order valence-corrected chi connectivity index (χ0v) is 20.9.